The van der Waals surface area contributed by atoms with Gasteiger partial charge in [0.1, 0.15) is 17.1 Å². The summed E-state index contributed by atoms with van der Waals surface area (Å²) in [6, 6.07) is 16.0. The largest absolute Gasteiger partial charge is 0.437 e. The Morgan fingerprint density at radius 1 is 1.09 bits per heavy atom. The minimum absolute atomic E-state index is 0.226. The zero-order valence-corrected chi connectivity index (χ0v) is 12.7. The standard InChI is InChI=1S/C17H12ClN3O2/c18-15-10-19-11-20-17(15)23-14-8-4-5-12(9-14)16(22)21-13-6-2-1-3-7-13/h1-11H,(H,21,22). The molecule has 3 rings (SSSR count). The van der Waals surface area contributed by atoms with E-state index in [1.807, 2.05) is 30.3 Å². The van der Waals surface area contributed by atoms with Crippen LogP contribution in [0.15, 0.2) is 67.1 Å². The molecule has 0 saturated carbocycles. The lowest BCUT2D eigenvalue weighted by Crippen LogP contribution is -2.11. The van der Waals surface area contributed by atoms with Gasteiger partial charge in [0.2, 0.25) is 5.88 Å². The smallest absolute Gasteiger partial charge is 0.255 e. The van der Waals surface area contributed by atoms with Crippen LogP contribution >= 0.6 is 11.6 Å². The Morgan fingerprint density at radius 2 is 1.91 bits per heavy atom. The molecule has 5 nitrogen and oxygen atoms in total. The molecule has 0 radical (unpaired) electrons. The second kappa shape index (κ2) is 6.89. The summed E-state index contributed by atoms with van der Waals surface area (Å²) < 4.78 is 5.59. The minimum atomic E-state index is -0.226. The predicted octanol–water partition coefficient (Wildman–Crippen LogP) is 4.17. The Hall–Kier alpha value is -2.92. The first-order valence-corrected chi connectivity index (χ1v) is 7.20. The summed E-state index contributed by atoms with van der Waals surface area (Å²) in [6.45, 7) is 0. The van der Waals surface area contributed by atoms with E-state index < -0.39 is 0 Å². The van der Waals surface area contributed by atoms with Crippen LogP contribution in [0, 0.1) is 0 Å². The Labute approximate surface area is 137 Å². The number of rotatable bonds is 4. The summed E-state index contributed by atoms with van der Waals surface area (Å²) in [5.74, 6) is 0.476. The van der Waals surface area contributed by atoms with Gasteiger partial charge in [0, 0.05) is 11.3 Å². The number of anilines is 1. The van der Waals surface area contributed by atoms with E-state index in [4.69, 9.17) is 16.3 Å². The molecule has 23 heavy (non-hydrogen) atoms. The van der Waals surface area contributed by atoms with Crippen molar-refractivity contribution in [3.05, 3.63) is 77.7 Å². The van der Waals surface area contributed by atoms with Gasteiger partial charge in [0.15, 0.2) is 0 Å². The lowest BCUT2D eigenvalue weighted by molar-refractivity contribution is 0.102. The molecule has 0 bridgehead atoms. The van der Waals surface area contributed by atoms with Gasteiger partial charge < -0.3 is 10.1 Å². The summed E-state index contributed by atoms with van der Waals surface area (Å²) in [4.78, 5) is 20.0. The molecule has 0 atom stereocenters. The highest BCUT2D eigenvalue weighted by Crippen LogP contribution is 2.26. The number of nitrogens with zero attached hydrogens (tertiary/aromatic N) is 2. The van der Waals surface area contributed by atoms with E-state index in [2.05, 4.69) is 15.3 Å². The zero-order valence-electron chi connectivity index (χ0n) is 11.9. The van der Waals surface area contributed by atoms with Gasteiger partial charge in [-0.1, -0.05) is 35.9 Å². The van der Waals surface area contributed by atoms with Crippen molar-refractivity contribution in [1.29, 1.82) is 0 Å². The van der Waals surface area contributed by atoms with Gasteiger partial charge in [0.05, 0.1) is 6.20 Å². The third kappa shape index (κ3) is 3.84. The minimum Gasteiger partial charge on any atom is -0.437 e. The van der Waals surface area contributed by atoms with E-state index in [1.165, 1.54) is 12.5 Å². The van der Waals surface area contributed by atoms with Crippen LogP contribution in [0.3, 0.4) is 0 Å². The molecule has 0 aliphatic carbocycles. The first kappa shape index (κ1) is 15.0. The fourth-order valence-electron chi connectivity index (χ4n) is 1.91. The molecule has 114 valence electrons. The van der Waals surface area contributed by atoms with Crippen LogP contribution in [0.1, 0.15) is 10.4 Å². The number of ether oxygens (including phenoxy) is 1. The number of amides is 1. The molecule has 0 aliphatic heterocycles. The van der Waals surface area contributed by atoms with Gasteiger partial charge in [-0.2, -0.15) is 0 Å². The summed E-state index contributed by atoms with van der Waals surface area (Å²) in [5.41, 5.74) is 1.19. The molecular weight excluding hydrogens is 314 g/mol. The average molecular weight is 326 g/mol. The summed E-state index contributed by atoms with van der Waals surface area (Å²) in [5, 5.41) is 3.11. The Balaban J connectivity index is 1.77. The predicted molar refractivity (Wildman–Crippen MR) is 88.0 cm³/mol. The Bertz CT molecular complexity index is 825. The normalized spacial score (nSPS) is 10.1. The molecule has 0 aliphatic rings. The molecule has 6 heteroatoms. The number of nitrogens with one attached hydrogen (secondary N) is 1. The lowest BCUT2D eigenvalue weighted by Gasteiger charge is -2.08. The van der Waals surface area contributed by atoms with E-state index in [0.717, 1.165) is 5.69 Å². The van der Waals surface area contributed by atoms with Crippen LogP contribution in [0.4, 0.5) is 5.69 Å². The van der Waals surface area contributed by atoms with Crippen LogP contribution in [0.25, 0.3) is 0 Å². The number of halogens is 1. The van der Waals surface area contributed by atoms with Crippen molar-refractivity contribution >= 4 is 23.2 Å². The Kier molecular flexibility index (Phi) is 4.49. The molecule has 0 spiro atoms. The maximum Gasteiger partial charge on any atom is 0.255 e. The average Bonchev–Trinajstić information content (AvgIpc) is 2.58. The number of aromatic nitrogens is 2. The second-order valence-corrected chi connectivity index (χ2v) is 5.03. The maximum absolute atomic E-state index is 12.3. The number of hydrogen-bond donors (Lipinski definition) is 1. The molecule has 0 fully saturated rings. The maximum atomic E-state index is 12.3. The van der Waals surface area contributed by atoms with Crippen molar-refractivity contribution in [2.24, 2.45) is 0 Å². The monoisotopic (exact) mass is 325 g/mol. The van der Waals surface area contributed by atoms with Crippen LogP contribution in [0.2, 0.25) is 5.02 Å². The molecule has 1 heterocycles. The quantitative estimate of drug-likeness (QED) is 0.781. The van der Waals surface area contributed by atoms with E-state index >= 15 is 0 Å². The van der Waals surface area contributed by atoms with Crippen LogP contribution in [-0.2, 0) is 0 Å². The number of carbonyl (C=O) groups is 1. The number of benzene rings is 2. The highest BCUT2D eigenvalue weighted by molar-refractivity contribution is 6.31. The second-order valence-electron chi connectivity index (χ2n) is 4.63. The topological polar surface area (TPSA) is 64.1 Å². The molecule has 3 aromatic rings. The summed E-state index contributed by atoms with van der Waals surface area (Å²) in [6.07, 6.45) is 2.78. The number of para-hydroxylation sites is 1. The molecule has 1 aromatic heterocycles. The summed E-state index contributed by atoms with van der Waals surface area (Å²) in [7, 11) is 0. The fraction of sp³-hybridized carbons (Fsp3) is 0. The van der Waals surface area contributed by atoms with Crippen molar-refractivity contribution in [2.75, 3.05) is 5.32 Å². The van der Waals surface area contributed by atoms with Crippen LogP contribution < -0.4 is 10.1 Å². The highest BCUT2D eigenvalue weighted by atomic mass is 35.5. The van der Waals surface area contributed by atoms with Gasteiger partial charge in [-0.15, -0.1) is 0 Å². The van der Waals surface area contributed by atoms with Crippen LogP contribution in [-0.4, -0.2) is 15.9 Å². The lowest BCUT2D eigenvalue weighted by atomic mass is 10.2. The SMILES string of the molecule is O=C(Nc1ccccc1)c1cccc(Oc2ncncc2Cl)c1. The molecular formula is C17H12ClN3O2. The number of hydrogen-bond acceptors (Lipinski definition) is 4. The number of carbonyl (C=O) groups excluding carboxylic acids is 1. The van der Waals surface area contributed by atoms with E-state index in [1.54, 1.807) is 24.3 Å². The summed E-state index contributed by atoms with van der Waals surface area (Å²) >= 11 is 5.95. The van der Waals surface area contributed by atoms with Crippen molar-refractivity contribution in [2.45, 2.75) is 0 Å². The van der Waals surface area contributed by atoms with Gasteiger partial charge in [0.25, 0.3) is 5.91 Å². The molecule has 0 unspecified atom stereocenters. The van der Waals surface area contributed by atoms with E-state index in [9.17, 15) is 4.79 Å². The van der Waals surface area contributed by atoms with Gasteiger partial charge in [-0.25, -0.2) is 9.97 Å². The van der Waals surface area contributed by atoms with Gasteiger partial charge in [-0.05, 0) is 30.3 Å². The third-order valence-electron chi connectivity index (χ3n) is 2.98. The molecule has 2 aromatic carbocycles. The Morgan fingerprint density at radius 3 is 2.70 bits per heavy atom. The third-order valence-corrected chi connectivity index (χ3v) is 3.24. The first-order valence-electron chi connectivity index (χ1n) is 6.82. The molecule has 0 saturated heterocycles. The van der Waals surface area contributed by atoms with Crippen molar-refractivity contribution in [3.63, 3.8) is 0 Å². The van der Waals surface area contributed by atoms with E-state index in [0.29, 0.717) is 16.3 Å². The van der Waals surface area contributed by atoms with Crippen LogP contribution in [0.5, 0.6) is 11.6 Å². The molecule has 1 amide bonds. The van der Waals surface area contributed by atoms with Gasteiger partial charge >= 0.3 is 0 Å². The van der Waals surface area contributed by atoms with Gasteiger partial charge in [-0.3, -0.25) is 4.79 Å². The van der Waals surface area contributed by atoms with Crippen molar-refractivity contribution < 1.29 is 9.53 Å². The zero-order chi connectivity index (χ0) is 16.1. The highest BCUT2D eigenvalue weighted by Gasteiger charge is 2.09. The fourth-order valence-corrected chi connectivity index (χ4v) is 2.06. The molecule has 1 N–H and O–H groups in total. The van der Waals surface area contributed by atoms with E-state index in [-0.39, 0.29) is 11.8 Å². The van der Waals surface area contributed by atoms with Crippen molar-refractivity contribution in [3.8, 4) is 11.6 Å². The first-order chi connectivity index (χ1) is 11.2. The van der Waals surface area contributed by atoms with Crippen molar-refractivity contribution in [1.82, 2.24) is 9.97 Å².